The Balaban J connectivity index is 1.74. The summed E-state index contributed by atoms with van der Waals surface area (Å²) in [5.74, 6) is 0.602. The van der Waals surface area contributed by atoms with E-state index < -0.39 is 5.60 Å². The molecule has 0 fully saturated rings. The Kier molecular flexibility index (Phi) is 4.86. The van der Waals surface area contributed by atoms with Gasteiger partial charge in [-0.25, -0.2) is 0 Å². The van der Waals surface area contributed by atoms with Crippen molar-refractivity contribution in [2.45, 2.75) is 26.4 Å². The molecule has 0 aliphatic rings. The zero-order chi connectivity index (χ0) is 18.7. The zero-order valence-electron chi connectivity index (χ0n) is 15.0. The standard InChI is InChI=1S/C20H21N3O3/c1-13-5-4-6-16(11-13)19-23-22-18(26-19)15-9-7-14(8-10-15)17(24)21-12-20(2,3)25/h4-11,25H,12H2,1-3H3,(H,21,24). The summed E-state index contributed by atoms with van der Waals surface area (Å²) in [6.07, 6.45) is 0. The molecule has 0 aliphatic carbocycles. The summed E-state index contributed by atoms with van der Waals surface area (Å²) in [6.45, 7) is 5.45. The highest BCUT2D eigenvalue weighted by Crippen LogP contribution is 2.24. The molecule has 6 heteroatoms. The topological polar surface area (TPSA) is 88.2 Å². The van der Waals surface area contributed by atoms with E-state index in [0.717, 1.165) is 16.7 Å². The van der Waals surface area contributed by atoms with Crippen LogP contribution in [-0.2, 0) is 0 Å². The van der Waals surface area contributed by atoms with Crippen LogP contribution < -0.4 is 5.32 Å². The van der Waals surface area contributed by atoms with Crippen LogP contribution in [0, 0.1) is 6.92 Å². The number of benzene rings is 2. The summed E-state index contributed by atoms with van der Waals surface area (Å²) < 4.78 is 5.75. The number of rotatable bonds is 5. The molecule has 0 spiro atoms. The number of carbonyl (C=O) groups is 1. The summed E-state index contributed by atoms with van der Waals surface area (Å²) in [5.41, 5.74) is 2.26. The lowest BCUT2D eigenvalue weighted by atomic mass is 10.1. The minimum atomic E-state index is -0.953. The second-order valence-electron chi connectivity index (χ2n) is 6.85. The molecule has 0 unspecified atom stereocenters. The number of nitrogens with one attached hydrogen (secondary N) is 1. The molecule has 0 atom stereocenters. The van der Waals surface area contributed by atoms with Gasteiger partial charge in [0.05, 0.1) is 5.60 Å². The molecule has 2 N–H and O–H groups in total. The molecule has 0 radical (unpaired) electrons. The summed E-state index contributed by atoms with van der Waals surface area (Å²) in [4.78, 5) is 12.1. The fourth-order valence-corrected chi connectivity index (χ4v) is 2.40. The van der Waals surface area contributed by atoms with E-state index in [-0.39, 0.29) is 12.5 Å². The Morgan fingerprint density at radius 2 is 1.73 bits per heavy atom. The molecule has 1 amide bonds. The third-order valence-electron chi connectivity index (χ3n) is 3.77. The van der Waals surface area contributed by atoms with Crippen molar-refractivity contribution in [1.29, 1.82) is 0 Å². The monoisotopic (exact) mass is 351 g/mol. The van der Waals surface area contributed by atoms with Crippen molar-refractivity contribution in [2.75, 3.05) is 6.54 Å². The summed E-state index contributed by atoms with van der Waals surface area (Å²) in [6, 6.07) is 14.7. The Morgan fingerprint density at radius 3 is 2.35 bits per heavy atom. The lowest BCUT2D eigenvalue weighted by Crippen LogP contribution is -2.38. The SMILES string of the molecule is Cc1cccc(-c2nnc(-c3ccc(C(=O)NCC(C)(C)O)cc3)o2)c1. The number of hydrogen-bond donors (Lipinski definition) is 2. The van der Waals surface area contributed by atoms with Crippen molar-refractivity contribution < 1.29 is 14.3 Å². The molecule has 0 saturated carbocycles. The lowest BCUT2D eigenvalue weighted by molar-refractivity contribution is 0.0694. The smallest absolute Gasteiger partial charge is 0.251 e. The third kappa shape index (κ3) is 4.34. The molecule has 134 valence electrons. The van der Waals surface area contributed by atoms with E-state index >= 15 is 0 Å². The minimum Gasteiger partial charge on any atom is -0.416 e. The predicted octanol–water partition coefficient (Wildman–Crippen LogP) is 3.21. The van der Waals surface area contributed by atoms with Gasteiger partial charge in [-0.05, 0) is 57.2 Å². The number of hydrogen-bond acceptors (Lipinski definition) is 5. The molecule has 0 aliphatic heterocycles. The van der Waals surface area contributed by atoms with Crippen LogP contribution in [0.15, 0.2) is 52.9 Å². The normalized spacial score (nSPS) is 11.4. The van der Waals surface area contributed by atoms with E-state index in [4.69, 9.17) is 4.42 Å². The minimum absolute atomic E-state index is 0.178. The number of carbonyl (C=O) groups excluding carboxylic acids is 1. The van der Waals surface area contributed by atoms with Crippen LogP contribution in [0.1, 0.15) is 29.8 Å². The Labute approximate surface area is 151 Å². The Morgan fingerprint density at radius 1 is 1.08 bits per heavy atom. The fourth-order valence-electron chi connectivity index (χ4n) is 2.40. The maximum atomic E-state index is 12.1. The number of nitrogens with zero attached hydrogens (tertiary/aromatic N) is 2. The van der Waals surface area contributed by atoms with Crippen molar-refractivity contribution in [3.8, 4) is 22.9 Å². The Bertz CT molecular complexity index is 909. The number of aliphatic hydroxyl groups is 1. The first kappa shape index (κ1) is 17.8. The van der Waals surface area contributed by atoms with E-state index in [1.165, 1.54) is 0 Å². The van der Waals surface area contributed by atoms with Gasteiger partial charge in [-0.1, -0.05) is 17.7 Å². The van der Waals surface area contributed by atoms with Crippen LogP contribution in [0.5, 0.6) is 0 Å². The highest BCUT2D eigenvalue weighted by molar-refractivity contribution is 5.94. The van der Waals surface area contributed by atoms with Gasteiger partial charge in [0.25, 0.3) is 5.91 Å². The van der Waals surface area contributed by atoms with Gasteiger partial charge in [-0.3, -0.25) is 4.79 Å². The zero-order valence-corrected chi connectivity index (χ0v) is 15.0. The maximum Gasteiger partial charge on any atom is 0.251 e. The first-order chi connectivity index (χ1) is 12.3. The molecular weight excluding hydrogens is 330 g/mol. The molecule has 3 aromatic rings. The number of aryl methyl sites for hydroxylation is 1. The summed E-state index contributed by atoms with van der Waals surface area (Å²) >= 11 is 0. The van der Waals surface area contributed by atoms with Gasteiger partial charge in [-0.15, -0.1) is 10.2 Å². The van der Waals surface area contributed by atoms with Crippen LogP contribution in [0.25, 0.3) is 22.9 Å². The summed E-state index contributed by atoms with van der Waals surface area (Å²) in [5, 5.41) is 20.5. The van der Waals surface area contributed by atoms with E-state index in [9.17, 15) is 9.90 Å². The first-order valence-electron chi connectivity index (χ1n) is 8.33. The van der Waals surface area contributed by atoms with Gasteiger partial charge in [0.1, 0.15) is 0 Å². The highest BCUT2D eigenvalue weighted by atomic mass is 16.4. The van der Waals surface area contributed by atoms with Crippen LogP contribution >= 0.6 is 0 Å². The van der Waals surface area contributed by atoms with Gasteiger partial charge >= 0.3 is 0 Å². The second kappa shape index (κ2) is 7.09. The van der Waals surface area contributed by atoms with Gasteiger partial charge in [0.15, 0.2) is 0 Å². The van der Waals surface area contributed by atoms with Gasteiger partial charge in [0.2, 0.25) is 11.8 Å². The average molecular weight is 351 g/mol. The molecular formula is C20H21N3O3. The van der Waals surface area contributed by atoms with Gasteiger partial charge in [-0.2, -0.15) is 0 Å². The molecule has 1 heterocycles. The van der Waals surface area contributed by atoms with Crippen molar-refractivity contribution in [1.82, 2.24) is 15.5 Å². The average Bonchev–Trinajstić information content (AvgIpc) is 3.09. The van der Waals surface area contributed by atoms with E-state index in [1.807, 2.05) is 31.2 Å². The molecule has 26 heavy (non-hydrogen) atoms. The van der Waals surface area contributed by atoms with Crippen LogP contribution in [0.4, 0.5) is 0 Å². The molecule has 3 rings (SSSR count). The second-order valence-corrected chi connectivity index (χ2v) is 6.85. The van der Waals surface area contributed by atoms with Crippen molar-refractivity contribution in [2.24, 2.45) is 0 Å². The molecule has 6 nitrogen and oxygen atoms in total. The quantitative estimate of drug-likeness (QED) is 0.737. The fraction of sp³-hybridized carbons (Fsp3) is 0.250. The van der Waals surface area contributed by atoms with E-state index in [0.29, 0.717) is 17.3 Å². The molecule has 1 aromatic heterocycles. The highest BCUT2D eigenvalue weighted by Gasteiger charge is 2.15. The maximum absolute atomic E-state index is 12.1. The number of amides is 1. The molecule has 2 aromatic carbocycles. The van der Waals surface area contributed by atoms with Crippen LogP contribution in [0.3, 0.4) is 0 Å². The third-order valence-corrected chi connectivity index (χ3v) is 3.77. The Hall–Kier alpha value is -2.99. The van der Waals surface area contributed by atoms with E-state index in [1.54, 1.807) is 38.1 Å². The first-order valence-corrected chi connectivity index (χ1v) is 8.33. The van der Waals surface area contributed by atoms with Crippen molar-refractivity contribution in [3.63, 3.8) is 0 Å². The molecule has 0 saturated heterocycles. The van der Waals surface area contributed by atoms with Crippen molar-refractivity contribution in [3.05, 3.63) is 59.7 Å². The van der Waals surface area contributed by atoms with Gasteiger partial charge in [0, 0.05) is 23.2 Å². The van der Waals surface area contributed by atoms with Crippen molar-refractivity contribution >= 4 is 5.91 Å². The van der Waals surface area contributed by atoms with Crippen LogP contribution in [-0.4, -0.2) is 33.4 Å². The van der Waals surface area contributed by atoms with Gasteiger partial charge < -0.3 is 14.8 Å². The largest absolute Gasteiger partial charge is 0.416 e. The summed E-state index contributed by atoms with van der Waals surface area (Å²) in [7, 11) is 0. The lowest BCUT2D eigenvalue weighted by Gasteiger charge is -2.17. The van der Waals surface area contributed by atoms with E-state index in [2.05, 4.69) is 15.5 Å². The van der Waals surface area contributed by atoms with Crippen LogP contribution in [0.2, 0.25) is 0 Å². The number of aromatic nitrogens is 2. The predicted molar refractivity (Wildman–Crippen MR) is 98.5 cm³/mol. The molecule has 0 bridgehead atoms.